The molecule has 168 valence electrons. The summed E-state index contributed by atoms with van der Waals surface area (Å²) < 4.78 is 66.2. The van der Waals surface area contributed by atoms with Crippen LogP contribution in [0.4, 0.5) is 4.39 Å². The smallest absolute Gasteiger partial charge is 0.394 e. The van der Waals surface area contributed by atoms with E-state index in [0.29, 0.717) is 0 Å². The predicted octanol–water partition coefficient (Wildman–Crippen LogP) is 0.403. The molecule has 5 unspecified atom stereocenters. The number of phosphoric ester groups is 2. The number of ether oxygens (including phenoxy) is 2. The van der Waals surface area contributed by atoms with Gasteiger partial charge in [0.05, 0.1) is 25.9 Å². The van der Waals surface area contributed by atoms with Crippen LogP contribution in [0.25, 0.3) is 0 Å². The van der Waals surface area contributed by atoms with Gasteiger partial charge in [0, 0.05) is 12.5 Å². The Morgan fingerprint density at radius 2 is 1.62 bits per heavy atom. The van der Waals surface area contributed by atoms with E-state index in [2.05, 4.69) is 4.52 Å². The summed E-state index contributed by atoms with van der Waals surface area (Å²) >= 11 is 0. The average Bonchev–Trinajstić information content (AvgIpc) is 2.60. The lowest BCUT2D eigenvalue weighted by Gasteiger charge is -2.29. The van der Waals surface area contributed by atoms with E-state index in [1.165, 1.54) is 20.8 Å². The average molecular weight is 462 g/mol. The molecule has 0 aliphatic rings. The van der Waals surface area contributed by atoms with E-state index in [9.17, 15) is 28.4 Å². The van der Waals surface area contributed by atoms with E-state index < -0.39 is 66.0 Å². The number of hydrogen-bond donors (Lipinski definition) is 3. The molecule has 4 radical (unpaired) electrons. The van der Waals surface area contributed by atoms with Crippen LogP contribution in [0.5, 0.6) is 0 Å². The maximum atomic E-state index is 13.4. The summed E-state index contributed by atoms with van der Waals surface area (Å²) in [7, 11) is 1.32. The number of phosphoric acid groups is 2. The van der Waals surface area contributed by atoms with E-state index in [0.717, 1.165) is 0 Å². The van der Waals surface area contributed by atoms with Gasteiger partial charge < -0.3 is 24.4 Å². The second kappa shape index (κ2) is 14.3. The minimum absolute atomic E-state index is 0.184. The highest BCUT2D eigenvalue weighted by Gasteiger charge is 2.36. The number of hydrogen-bond acceptors (Lipinski definition) is 9. The maximum Gasteiger partial charge on any atom is 0.472 e. The highest BCUT2D eigenvalue weighted by atomic mass is 31.2. The topological polar surface area (TPSA) is 150 Å². The van der Waals surface area contributed by atoms with Crippen molar-refractivity contribution in [1.82, 2.24) is 0 Å². The summed E-state index contributed by atoms with van der Waals surface area (Å²) in [5.41, 5.74) is 0. The summed E-state index contributed by atoms with van der Waals surface area (Å²) in [5, 5.41) is 9.17. The van der Waals surface area contributed by atoms with Crippen molar-refractivity contribution in [2.24, 2.45) is 0 Å². The first-order valence-electron chi connectivity index (χ1n) is 8.62. The third-order valence-corrected chi connectivity index (χ3v) is 5.43. The van der Waals surface area contributed by atoms with Crippen molar-refractivity contribution < 1.29 is 56.0 Å². The molecule has 0 heterocycles. The lowest BCUT2D eigenvalue weighted by atomic mass is 10.0. The Hall–Kier alpha value is 0.160. The second-order valence-electron chi connectivity index (χ2n) is 5.69. The molecule has 0 aromatic carbocycles. The second-order valence-corrected chi connectivity index (χ2v) is 8.51. The van der Waals surface area contributed by atoms with Gasteiger partial charge in [0.15, 0.2) is 0 Å². The first-order chi connectivity index (χ1) is 13.4. The van der Waals surface area contributed by atoms with Gasteiger partial charge in [-0.2, -0.15) is 0 Å². The fraction of sp³-hybridized carbons (Fsp3) is 1.00. The van der Waals surface area contributed by atoms with Gasteiger partial charge in [0.2, 0.25) is 0 Å². The van der Waals surface area contributed by atoms with Crippen molar-refractivity contribution in [3.05, 3.63) is 0 Å². The molecular formula is C13H27B2FO11P2. The van der Waals surface area contributed by atoms with Crippen molar-refractivity contribution in [2.75, 3.05) is 33.0 Å². The standard InChI is InChI=1S/C13H27B2FO11P2/c1-4-23-28(18,19)27-11(5-16)13(25-10(3)15)7-24-29(20,21)26-9(2)12(6-17)22-8-14/h9-13,17H,4-8H2,1-3H3,(H,18,19)(H,20,21)/t9-,10-,11?,12?,13?/m1/s1. The Morgan fingerprint density at radius 1 is 1.03 bits per heavy atom. The zero-order chi connectivity index (χ0) is 22.7. The van der Waals surface area contributed by atoms with Gasteiger partial charge in [0.25, 0.3) is 0 Å². The lowest BCUT2D eigenvalue weighted by Crippen LogP contribution is -2.39. The number of aliphatic hydroxyl groups excluding tert-OH is 1. The number of rotatable bonds is 17. The molecular weight excluding hydrogens is 435 g/mol. The monoisotopic (exact) mass is 462 g/mol. The van der Waals surface area contributed by atoms with Crippen molar-refractivity contribution in [3.8, 4) is 0 Å². The van der Waals surface area contributed by atoms with Gasteiger partial charge in [-0.15, -0.1) is 0 Å². The summed E-state index contributed by atoms with van der Waals surface area (Å²) in [6.45, 7) is 1.02. The normalized spacial score (nSPS) is 21.5. The van der Waals surface area contributed by atoms with Gasteiger partial charge in [-0.05, 0) is 20.8 Å². The highest BCUT2D eigenvalue weighted by molar-refractivity contribution is 7.47. The minimum atomic E-state index is -4.74. The van der Waals surface area contributed by atoms with Crippen LogP contribution in [0, 0.1) is 0 Å². The molecule has 0 spiro atoms. The molecule has 0 amide bonds. The number of halogens is 1. The molecule has 0 fully saturated rings. The Bertz CT molecular complexity index is 545. The first-order valence-corrected chi connectivity index (χ1v) is 11.6. The molecule has 16 heteroatoms. The summed E-state index contributed by atoms with van der Waals surface area (Å²) in [4.78, 5) is 19.4. The zero-order valence-corrected chi connectivity index (χ0v) is 18.2. The van der Waals surface area contributed by atoms with Crippen LogP contribution in [-0.2, 0) is 36.7 Å². The molecule has 0 bridgehead atoms. The Labute approximate surface area is 172 Å². The van der Waals surface area contributed by atoms with Gasteiger partial charge in [-0.25, -0.2) is 13.5 Å². The molecule has 11 nitrogen and oxygen atoms in total. The van der Waals surface area contributed by atoms with Crippen molar-refractivity contribution >= 4 is 31.3 Å². The molecule has 29 heavy (non-hydrogen) atoms. The van der Waals surface area contributed by atoms with Gasteiger partial charge in [0.1, 0.15) is 40.7 Å². The van der Waals surface area contributed by atoms with Crippen LogP contribution >= 0.6 is 15.6 Å². The molecule has 3 N–H and O–H groups in total. The Morgan fingerprint density at radius 3 is 2.07 bits per heavy atom. The van der Waals surface area contributed by atoms with Crippen LogP contribution in [0.15, 0.2) is 0 Å². The molecule has 0 aliphatic carbocycles. The van der Waals surface area contributed by atoms with E-state index in [1.807, 2.05) is 0 Å². The molecule has 0 aromatic heterocycles. The summed E-state index contributed by atoms with van der Waals surface area (Å²) in [5.74, 6) is 0. The third kappa shape index (κ3) is 12.6. The van der Waals surface area contributed by atoms with E-state index in [4.69, 9.17) is 38.7 Å². The largest absolute Gasteiger partial charge is 0.472 e. The summed E-state index contributed by atoms with van der Waals surface area (Å²) in [6, 6.07) is -0.999. The predicted molar refractivity (Wildman–Crippen MR) is 101 cm³/mol. The van der Waals surface area contributed by atoms with Crippen molar-refractivity contribution in [3.63, 3.8) is 0 Å². The van der Waals surface area contributed by atoms with Crippen LogP contribution in [0.3, 0.4) is 0 Å². The van der Waals surface area contributed by atoms with Crippen molar-refractivity contribution in [2.45, 2.75) is 51.2 Å². The van der Waals surface area contributed by atoms with Crippen LogP contribution in [0.1, 0.15) is 20.8 Å². The summed E-state index contributed by atoms with van der Waals surface area (Å²) in [6.07, 6.45) is -5.27. The quantitative estimate of drug-likeness (QED) is 0.204. The molecule has 0 saturated heterocycles. The molecule has 0 aromatic rings. The van der Waals surface area contributed by atoms with E-state index in [-0.39, 0.29) is 13.1 Å². The maximum absolute atomic E-state index is 13.4. The molecule has 0 aliphatic heterocycles. The van der Waals surface area contributed by atoms with Gasteiger partial charge >= 0.3 is 15.6 Å². The van der Waals surface area contributed by atoms with E-state index >= 15 is 0 Å². The zero-order valence-electron chi connectivity index (χ0n) is 16.5. The highest BCUT2D eigenvalue weighted by Crippen LogP contribution is 2.47. The van der Waals surface area contributed by atoms with Crippen molar-refractivity contribution in [1.29, 1.82) is 0 Å². The molecule has 7 atom stereocenters. The van der Waals surface area contributed by atoms with Crippen LogP contribution < -0.4 is 0 Å². The van der Waals surface area contributed by atoms with Crippen LogP contribution in [-0.4, -0.2) is 94.0 Å². The number of alkyl halides is 1. The minimum Gasteiger partial charge on any atom is -0.394 e. The Balaban J connectivity index is 5.12. The van der Waals surface area contributed by atoms with Gasteiger partial charge in [-0.1, -0.05) is 0 Å². The third-order valence-electron chi connectivity index (χ3n) is 3.23. The number of aliphatic hydroxyl groups is 1. The van der Waals surface area contributed by atoms with E-state index in [1.54, 1.807) is 0 Å². The molecule has 0 saturated carbocycles. The fourth-order valence-electron chi connectivity index (χ4n) is 2.01. The molecule has 0 rings (SSSR count). The first kappa shape index (κ1) is 29.2. The fourth-order valence-corrected chi connectivity index (χ4v) is 3.88. The lowest BCUT2D eigenvalue weighted by molar-refractivity contribution is -0.0810. The SMILES string of the molecule is [B]COC(CO)[C@@H](C)OP(=O)(O)OCC(O[C@@H]([B])C)C(CF)OP(=O)(O)OCC. The van der Waals surface area contributed by atoms with Crippen LogP contribution in [0.2, 0.25) is 0 Å². The van der Waals surface area contributed by atoms with Gasteiger partial charge in [-0.3, -0.25) is 18.1 Å². The Kier molecular flexibility index (Phi) is 14.3.